The number of nitrogens with zero attached hydrogens (tertiary/aromatic N) is 1. The molecule has 2 heterocycles. The molecule has 1 aromatic heterocycles. The van der Waals surface area contributed by atoms with Crippen molar-refractivity contribution in [2.75, 3.05) is 13.7 Å². The van der Waals surface area contributed by atoms with Crippen LogP contribution in [0.3, 0.4) is 0 Å². The molecule has 1 aromatic carbocycles. The van der Waals surface area contributed by atoms with E-state index in [2.05, 4.69) is 5.32 Å². The number of esters is 1. The SMILES string of the molecule is COC(=O)c1ccc(Cn2c3c(c4c2=CC=C(F)C4=O)CNCC=3)cc1. The van der Waals surface area contributed by atoms with E-state index in [1.54, 1.807) is 18.2 Å². The standard InChI is InChI=1S/C20H17FN2O3/c1-26-20(25)13-4-2-12(3-5-13)11-23-16-8-9-22-10-14(16)18-17(23)7-6-15(21)19(18)24/h2-8,22H,9-11H2,1H3. The Labute approximate surface area is 149 Å². The number of aromatic nitrogens is 1. The third-order valence-corrected chi connectivity index (χ3v) is 4.74. The van der Waals surface area contributed by atoms with Crippen molar-refractivity contribution in [1.82, 2.24) is 9.88 Å². The highest BCUT2D eigenvalue weighted by molar-refractivity contribution is 6.10. The molecule has 0 saturated heterocycles. The minimum Gasteiger partial charge on any atom is -0.465 e. The number of benzene rings is 1. The fraction of sp³-hybridized carbons (Fsp3) is 0.200. The topological polar surface area (TPSA) is 60.3 Å². The van der Waals surface area contributed by atoms with Gasteiger partial charge in [-0.25, -0.2) is 9.18 Å². The second-order valence-electron chi connectivity index (χ2n) is 6.24. The van der Waals surface area contributed by atoms with Gasteiger partial charge in [0.2, 0.25) is 5.78 Å². The van der Waals surface area contributed by atoms with Gasteiger partial charge >= 0.3 is 5.97 Å². The van der Waals surface area contributed by atoms with Crippen LogP contribution in [-0.4, -0.2) is 30.0 Å². The van der Waals surface area contributed by atoms with E-state index in [-0.39, 0.29) is 5.97 Å². The van der Waals surface area contributed by atoms with Gasteiger partial charge in [-0.3, -0.25) is 4.79 Å². The van der Waals surface area contributed by atoms with Gasteiger partial charge in [-0.1, -0.05) is 12.1 Å². The predicted octanol–water partition coefficient (Wildman–Crippen LogP) is 1.04. The van der Waals surface area contributed by atoms with E-state index in [1.165, 1.54) is 13.2 Å². The Morgan fingerprint density at radius 2 is 2.00 bits per heavy atom. The van der Waals surface area contributed by atoms with Crippen LogP contribution in [0, 0.1) is 0 Å². The molecule has 1 aliphatic carbocycles. The van der Waals surface area contributed by atoms with Gasteiger partial charge in [0.05, 0.1) is 23.6 Å². The minimum absolute atomic E-state index is 0.383. The number of hydrogen-bond donors (Lipinski definition) is 1. The zero-order valence-corrected chi connectivity index (χ0v) is 14.2. The van der Waals surface area contributed by atoms with Gasteiger partial charge in [-0.15, -0.1) is 0 Å². The van der Waals surface area contributed by atoms with E-state index >= 15 is 0 Å². The molecule has 4 rings (SSSR count). The molecular weight excluding hydrogens is 335 g/mol. The number of nitrogens with one attached hydrogen (secondary N) is 1. The van der Waals surface area contributed by atoms with Crippen LogP contribution in [0.2, 0.25) is 0 Å². The van der Waals surface area contributed by atoms with Crippen molar-refractivity contribution >= 4 is 23.9 Å². The highest BCUT2D eigenvalue weighted by atomic mass is 19.1. The molecule has 1 N–H and O–H groups in total. The lowest BCUT2D eigenvalue weighted by Crippen LogP contribution is -2.33. The first-order chi connectivity index (χ1) is 12.6. The van der Waals surface area contributed by atoms with Crippen molar-refractivity contribution in [1.29, 1.82) is 0 Å². The summed E-state index contributed by atoms with van der Waals surface area (Å²) in [6.07, 6.45) is 4.89. The Morgan fingerprint density at radius 1 is 1.23 bits per heavy atom. The van der Waals surface area contributed by atoms with Crippen molar-refractivity contribution < 1.29 is 18.7 Å². The van der Waals surface area contributed by atoms with Crippen LogP contribution in [0.15, 0.2) is 36.2 Å². The molecule has 2 aliphatic rings. The number of Topliss-reactive ketones (excluding diaryl/α,β-unsaturated/α-hetero) is 1. The molecule has 2 aromatic rings. The van der Waals surface area contributed by atoms with Gasteiger partial charge in [0, 0.05) is 30.5 Å². The number of carbonyl (C=O) groups is 2. The van der Waals surface area contributed by atoms with E-state index in [4.69, 9.17) is 4.74 Å². The van der Waals surface area contributed by atoms with Crippen LogP contribution in [-0.2, 0) is 17.8 Å². The van der Waals surface area contributed by atoms with Gasteiger partial charge in [-0.05, 0) is 35.9 Å². The van der Waals surface area contributed by atoms with E-state index in [1.807, 2.05) is 22.8 Å². The van der Waals surface area contributed by atoms with Crippen LogP contribution >= 0.6 is 0 Å². The van der Waals surface area contributed by atoms with Gasteiger partial charge in [0.15, 0.2) is 5.83 Å². The molecule has 0 fully saturated rings. The minimum atomic E-state index is -0.731. The molecule has 5 nitrogen and oxygen atoms in total. The van der Waals surface area contributed by atoms with Gasteiger partial charge < -0.3 is 14.6 Å². The molecule has 0 bridgehead atoms. The highest BCUT2D eigenvalue weighted by Crippen LogP contribution is 2.16. The second kappa shape index (κ2) is 6.38. The molecule has 0 atom stereocenters. The summed E-state index contributed by atoms with van der Waals surface area (Å²) in [4.78, 5) is 23.9. The normalized spacial score (nSPS) is 15.3. The number of ketones is 1. The first kappa shape index (κ1) is 16.5. The first-order valence-electron chi connectivity index (χ1n) is 8.32. The molecule has 0 radical (unpaired) electrons. The average Bonchev–Trinajstić information content (AvgIpc) is 2.99. The second-order valence-corrected chi connectivity index (χ2v) is 6.24. The lowest BCUT2D eigenvalue weighted by atomic mass is 10.0. The third kappa shape index (κ3) is 2.59. The zero-order valence-electron chi connectivity index (χ0n) is 14.2. The van der Waals surface area contributed by atoms with Crippen molar-refractivity contribution in [2.45, 2.75) is 13.1 Å². The number of rotatable bonds is 3. The summed E-state index contributed by atoms with van der Waals surface area (Å²) in [5.41, 5.74) is 2.73. The number of allylic oxidation sites excluding steroid dienone is 2. The fourth-order valence-electron chi connectivity index (χ4n) is 3.48. The highest BCUT2D eigenvalue weighted by Gasteiger charge is 2.26. The Kier molecular flexibility index (Phi) is 4.05. The number of ether oxygens (including phenoxy) is 1. The van der Waals surface area contributed by atoms with Crippen molar-refractivity contribution in [3.63, 3.8) is 0 Å². The Bertz CT molecular complexity index is 1060. The monoisotopic (exact) mass is 352 g/mol. The van der Waals surface area contributed by atoms with E-state index in [0.29, 0.717) is 30.8 Å². The average molecular weight is 352 g/mol. The molecule has 0 spiro atoms. The van der Waals surface area contributed by atoms with Crippen LogP contribution in [0.1, 0.15) is 31.8 Å². The summed E-state index contributed by atoms with van der Waals surface area (Å²) >= 11 is 0. The smallest absolute Gasteiger partial charge is 0.337 e. The van der Waals surface area contributed by atoms with Gasteiger partial charge in [0.1, 0.15) is 0 Å². The Balaban J connectivity index is 1.80. The maximum Gasteiger partial charge on any atom is 0.337 e. The maximum atomic E-state index is 13.8. The number of carbonyl (C=O) groups excluding carboxylic acids is 2. The molecular formula is C20H17FN2O3. The summed E-state index contributed by atoms with van der Waals surface area (Å²) in [7, 11) is 1.35. The Morgan fingerprint density at radius 3 is 2.73 bits per heavy atom. The molecule has 132 valence electrons. The fourth-order valence-corrected chi connectivity index (χ4v) is 3.48. The summed E-state index contributed by atoms with van der Waals surface area (Å²) in [5, 5.41) is 4.87. The Hall–Kier alpha value is -2.99. The predicted molar refractivity (Wildman–Crippen MR) is 94.7 cm³/mol. The molecule has 26 heavy (non-hydrogen) atoms. The van der Waals surface area contributed by atoms with Crippen LogP contribution in [0.4, 0.5) is 4.39 Å². The summed E-state index contributed by atoms with van der Waals surface area (Å²) in [6.45, 7) is 1.76. The van der Waals surface area contributed by atoms with Crippen LogP contribution < -0.4 is 16.0 Å². The van der Waals surface area contributed by atoms with E-state index in [9.17, 15) is 14.0 Å². The summed E-state index contributed by atoms with van der Waals surface area (Å²) in [5.74, 6) is -1.67. The molecule has 0 unspecified atom stereocenters. The summed E-state index contributed by atoms with van der Waals surface area (Å²) in [6, 6.07) is 7.13. The number of methoxy groups -OCH3 is 1. The van der Waals surface area contributed by atoms with Crippen LogP contribution in [0.5, 0.6) is 0 Å². The molecule has 0 amide bonds. The van der Waals surface area contributed by atoms with E-state index in [0.717, 1.165) is 21.8 Å². The van der Waals surface area contributed by atoms with Gasteiger partial charge in [-0.2, -0.15) is 0 Å². The van der Waals surface area contributed by atoms with Crippen molar-refractivity contribution in [2.24, 2.45) is 0 Å². The molecule has 1 aliphatic heterocycles. The van der Waals surface area contributed by atoms with Gasteiger partial charge in [0.25, 0.3) is 0 Å². The van der Waals surface area contributed by atoms with Crippen molar-refractivity contribution in [3.8, 4) is 0 Å². The summed E-state index contributed by atoms with van der Waals surface area (Å²) < 4.78 is 20.6. The lowest BCUT2D eigenvalue weighted by Gasteiger charge is -2.10. The quantitative estimate of drug-likeness (QED) is 0.839. The van der Waals surface area contributed by atoms with Crippen LogP contribution in [0.25, 0.3) is 12.2 Å². The molecule has 6 heteroatoms. The lowest BCUT2D eigenvalue weighted by molar-refractivity contribution is 0.0600. The number of hydrogen-bond acceptors (Lipinski definition) is 4. The number of fused-ring (bicyclic) bond motifs is 3. The first-order valence-corrected chi connectivity index (χ1v) is 8.32. The third-order valence-electron chi connectivity index (χ3n) is 4.74. The molecule has 0 saturated carbocycles. The number of halogens is 1. The van der Waals surface area contributed by atoms with E-state index < -0.39 is 11.6 Å². The zero-order chi connectivity index (χ0) is 18.3. The largest absolute Gasteiger partial charge is 0.465 e. The van der Waals surface area contributed by atoms with Crippen molar-refractivity contribution in [3.05, 3.63) is 69.1 Å². The maximum absolute atomic E-state index is 13.8.